The van der Waals surface area contributed by atoms with Crippen molar-refractivity contribution in [2.24, 2.45) is 0 Å². The van der Waals surface area contributed by atoms with Crippen molar-refractivity contribution < 1.29 is 56.1 Å². The summed E-state index contributed by atoms with van der Waals surface area (Å²) in [6.07, 6.45) is 0. The van der Waals surface area contributed by atoms with Gasteiger partial charge in [0.05, 0.1) is 0 Å². The first-order valence-electron chi connectivity index (χ1n) is 0.289. The van der Waals surface area contributed by atoms with Crippen LogP contribution in [0.4, 0.5) is 0 Å². The predicted molar refractivity (Wildman–Crippen MR) is 7.84 cm³/mol. The van der Waals surface area contributed by atoms with E-state index in [0.29, 0.717) is 0 Å². The number of hydrogen-bond donors (Lipinski definition) is 0. The first-order valence-corrected chi connectivity index (χ1v) is 2.53. The van der Waals surface area contributed by atoms with Crippen LogP contribution in [0.15, 0.2) is 0 Å². The minimum atomic E-state index is -0.222. The van der Waals surface area contributed by atoms with Gasteiger partial charge < -0.3 is 0 Å². The van der Waals surface area contributed by atoms with E-state index in [1.54, 1.807) is 0 Å². The van der Waals surface area contributed by atoms with Gasteiger partial charge in [0.15, 0.2) is 0 Å². The van der Waals surface area contributed by atoms with Crippen molar-refractivity contribution in [3.63, 3.8) is 0 Å². The van der Waals surface area contributed by atoms with Gasteiger partial charge >= 0.3 is 52.4 Å². The van der Waals surface area contributed by atoms with E-state index in [0.717, 1.165) is 0 Å². The molecule has 0 aromatic carbocycles. The van der Waals surface area contributed by atoms with Crippen molar-refractivity contribution in [3.05, 3.63) is 0 Å². The van der Waals surface area contributed by atoms with E-state index in [2.05, 4.69) is 0 Å². The van der Waals surface area contributed by atoms with Crippen LogP contribution in [0.3, 0.4) is 0 Å². The molecule has 0 spiro atoms. The predicted octanol–water partition coefficient (Wildman–Crippen LogP) is -0.772. The first kappa shape index (κ1) is 16.1. The second-order valence-electron chi connectivity index (χ2n) is 0. The van der Waals surface area contributed by atoms with Crippen LogP contribution in [-0.4, -0.2) is 23.7 Å². The van der Waals surface area contributed by atoms with Crippen LogP contribution in [0.1, 0.15) is 0 Å². The molecule has 0 heterocycles. The van der Waals surface area contributed by atoms with Crippen molar-refractivity contribution >= 4 is 23.7 Å². The van der Waals surface area contributed by atoms with E-state index in [1.807, 2.05) is 0 Å². The van der Waals surface area contributed by atoms with Gasteiger partial charge in [-0.15, -0.1) is 0 Å². The van der Waals surface area contributed by atoms with Crippen molar-refractivity contribution in [2.75, 3.05) is 0 Å². The Balaban J connectivity index is -0.00000000500. The molecule has 0 atom stereocenters. The molecule has 4 heavy (non-hydrogen) atoms. The Hall–Kier alpha value is 2.45. The maximum atomic E-state index is 8.44. The molecule has 0 amide bonds. The van der Waals surface area contributed by atoms with Gasteiger partial charge in [-0.2, -0.15) is 0 Å². The summed E-state index contributed by atoms with van der Waals surface area (Å²) in [5.74, 6) is 0. The van der Waals surface area contributed by atoms with E-state index in [-0.39, 0.29) is 77.1 Å². The van der Waals surface area contributed by atoms with Gasteiger partial charge in [0.1, 0.15) is 0 Å². The Morgan fingerprint density at radius 3 is 1.25 bits per heavy atom. The zero-order chi connectivity index (χ0) is 2.00. The topological polar surface area (TPSA) is 17.1 Å². The molecule has 17 valence electrons. The quantitative estimate of drug-likeness (QED) is 0.437. The number of hydrogen-bond acceptors (Lipinski definition) is 1. The van der Waals surface area contributed by atoms with Crippen LogP contribution in [-0.2, 0) is 56.1 Å². The van der Waals surface area contributed by atoms with Crippen LogP contribution in [0, 0.1) is 0 Å². The third-order valence-corrected chi connectivity index (χ3v) is 0. The standard InChI is InChI=1S/Cd.Hg.O.HTe/h;;;1H. The first-order chi connectivity index (χ1) is 1.00. The van der Waals surface area contributed by atoms with E-state index >= 15 is 0 Å². The molecule has 1 radical (unpaired) electrons. The van der Waals surface area contributed by atoms with Gasteiger partial charge in [-0.05, 0) is 0 Å². The van der Waals surface area contributed by atoms with Gasteiger partial charge in [-0.3, -0.25) is 0 Å². The Bertz CT molecular complexity index is 8.00. The zero-order valence-electron chi connectivity index (χ0n) is 2.27. The molecule has 0 saturated heterocycles. The molecule has 0 aliphatic carbocycles. The van der Waals surface area contributed by atoms with Crippen LogP contribution >= 0.6 is 0 Å². The van der Waals surface area contributed by atoms with E-state index in [1.165, 1.54) is 0 Å². The summed E-state index contributed by atoms with van der Waals surface area (Å²) in [7, 11) is 0. The molecule has 0 aromatic heterocycles. The SMILES string of the molecule is [Cd].[O]=[Hg].[TeH]. The van der Waals surface area contributed by atoms with Gasteiger partial charge in [0, 0.05) is 27.3 Å². The fourth-order valence-electron chi connectivity index (χ4n) is 0. The normalized spacial score (nSPS) is 1.50. The van der Waals surface area contributed by atoms with Crippen LogP contribution < -0.4 is 0 Å². The Morgan fingerprint density at radius 1 is 1.25 bits per heavy atom. The summed E-state index contributed by atoms with van der Waals surface area (Å²) < 4.78 is 8.44. The average molecular weight is 458 g/mol. The second-order valence-corrected chi connectivity index (χ2v) is 0. The molecule has 4 heteroatoms. The van der Waals surface area contributed by atoms with Crippen molar-refractivity contribution in [1.82, 2.24) is 0 Å². The van der Waals surface area contributed by atoms with Gasteiger partial charge in [0.25, 0.3) is 0 Å². The van der Waals surface area contributed by atoms with Crippen molar-refractivity contribution in [3.8, 4) is 0 Å². The Kier molecular flexibility index (Phi) is 72.4. The summed E-state index contributed by atoms with van der Waals surface area (Å²) in [6, 6.07) is 0. The molecule has 0 aliphatic rings. The van der Waals surface area contributed by atoms with E-state index in [9.17, 15) is 0 Å². The van der Waals surface area contributed by atoms with Crippen LogP contribution in [0.2, 0.25) is 0 Å². The van der Waals surface area contributed by atoms with Gasteiger partial charge in [-0.25, -0.2) is 0 Å². The summed E-state index contributed by atoms with van der Waals surface area (Å²) in [6.45, 7) is 0. The third kappa shape index (κ3) is 8.82. The fraction of sp³-hybridized carbons (Fsp3) is 0. The van der Waals surface area contributed by atoms with E-state index < -0.39 is 0 Å². The molecule has 0 bridgehead atoms. The molecule has 1 nitrogen and oxygen atoms in total. The van der Waals surface area contributed by atoms with Gasteiger partial charge in [0.2, 0.25) is 0 Å². The molecule has 0 aromatic rings. The zero-order valence-corrected chi connectivity index (χ0v) is 14.4. The summed E-state index contributed by atoms with van der Waals surface area (Å²) >= 11 is -0.222. The molecular formula is HCdHgOTe. The monoisotopic (exact) mass is 463 g/mol. The summed E-state index contributed by atoms with van der Waals surface area (Å²) in [5, 5.41) is 0. The minimum absolute atomic E-state index is 0. The summed E-state index contributed by atoms with van der Waals surface area (Å²) in [5.41, 5.74) is 0. The summed E-state index contributed by atoms with van der Waals surface area (Å²) in [4.78, 5) is 0. The Morgan fingerprint density at radius 2 is 1.25 bits per heavy atom. The van der Waals surface area contributed by atoms with Crippen molar-refractivity contribution in [2.45, 2.75) is 0 Å². The number of rotatable bonds is 0. The molecule has 0 fully saturated rings. The van der Waals surface area contributed by atoms with Crippen molar-refractivity contribution in [1.29, 1.82) is 0 Å². The average Bonchev–Trinajstić information content (AvgIpc) is 1.00. The van der Waals surface area contributed by atoms with Crippen LogP contribution in [0.5, 0.6) is 0 Å². The van der Waals surface area contributed by atoms with E-state index in [4.69, 9.17) is 2.64 Å². The second kappa shape index (κ2) is 18.0. The molecular weight excluding hydrogens is 457 g/mol. The van der Waals surface area contributed by atoms with Crippen LogP contribution in [0.25, 0.3) is 0 Å². The molecule has 0 rings (SSSR count). The Labute approximate surface area is 78.2 Å². The molecule has 0 aliphatic heterocycles. The molecule has 0 N–H and O–H groups in total. The molecule has 0 saturated carbocycles. The maximum absolute atomic E-state index is 8.44. The molecule has 0 unspecified atom stereocenters. The third-order valence-electron chi connectivity index (χ3n) is 0. The van der Waals surface area contributed by atoms with Gasteiger partial charge in [-0.1, -0.05) is 0 Å². The fourth-order valence-corrected chi connectivity index (χ4v) is 0.